The van der Waals surface area contributed by atoms with E-state index in [4.69, 9.17) is 10.5 Å². The van der Waals surface area contributed by atoms with E-state index in [1.807, 2.05) is 0 Å². The molecule has 4 atom stereocenters. The molecule has 0 aromatic heterocycles. The number of nitrogens with zero attached hydrogens (tertiary/aromatic N) is 1. The summed E-state index contributed by atoms with van der Waals surface area (Å²) in [6.07, 6.45) is 7.61. The Morgan fingerprint density at radius 2 is 2.00 bits per heavy atom. The van der Waals surface area contributed by atoms with E-state index in [9.17, 15) is 4.79 Å². The fourth-order valence-corrected chi connectivity index (χ4v) is 3.96. The van der Waals surface area contributed by atoms with Crippen molar-refractivity contribution in [1.29, 1.82) is 0 Å². The first-order valence-electron chi connectivity index (χ1n) is 7.87. The average Bonchev–Trinajstić information content (AvgIpc) is 2.83. The van der Waals surface area contributed by atoms with Crippen LogP contribution in [-0.2, 0) is 9.53 Å². The molecule has 108 valence electrons. The second-order valence-electron chi connectivity index (χ2n) is 6.58. The van der Waals surface area contributed by atoms with E-state index in [0.29, 0.717) is 30.2 Å². The summed E-state index contributed by atoms with van der Waals surface area (Å²) in [5.74, 6) is 1.66. The van der Waals surface area contributed by atoms with Crippen LogP contribution in [0.4, 0.5) is 0 Å². The maximum absolute atomic E-state index is 12.4. The summed E-state index contributed by atoms with van der Waals surface area (Å²) in [5, 5.41) is 0. The van der Waals surface area contributed by atoms with E-state index in [1.165, 1.54) is 12.8 Å². The van der Waals surface area contributed by atoms with Gasteiger partial charge in [0.2, 0.25) is 5.91 Å². The van der Waals surface area contributed by atoms with Gasteiger partial charge >= 0.3 is 0 Å². The first-order chi connectivity index (χ1) is 9.22. The van der Waals surface area contributed by atoms with Gasteiger partial charge in [-0.15, -0.1) is 0 Å². The quantitative estimate of drug-likeness (QED) is 0.824. The number of rotatable bonds is 2. The van der Waals surface area contributed by atoms with Gasteiger partial charge in [-0.2, -0.15) is 0 Å². The summed E-state index contributed by atoms with van der Waals surface area (Å²) in [6, 6.07) is 0.359. The van der Waals surface area contributed by atoms with E-state index in [1.54, 1.807) is 0 Å². The fraction of sp³-hybridized carbons (Fsp3) is 0.933. The Balaban J connectivity index is 1.51. The molecule has 2 aliphatic heterocycles. The molecule has 2 saturated heterocycles. The minimum absolute atomic E-state index is 0.172. The Hall–Kier alpha value is -0.610. The molecule has 4 nitrogen and oxygen atoms in total. The van der Waals surface area contributed by atoms with Gasteiger partial charge in [-0.3, -0.25) is 4.79 Å². The summed E-state index contributed by atoms with van der Waals surface area (Å²) >= 11 is 0. The molecule has 1 saturated carbocycles. The summed E-state index contributed by atoms with van der Waals surface area (Å²) in [4.78, 5) is 14.4. The van der Waals surface area contributed by atoms with Crippen molar-refractivity contribution in [3.8, 4) is 0 Å². The van der Waals surface area contributed by atoms with Crippen molar-refractivity contribution in [3.05, 3.63) is 0 Å². The molecule has 2 N–H and O–H groups in total. The largest absolute Gasteiger partial charge is 0.378 e. The monoisotopic (exact) mass is 266 g/mol. The lowest BCUT2D eigenvalue weighted by atomic mass is 9.79. The van der Waals surface area contributed by atoms with Crippen molar-refractivity contribution in [2.45, 2.75) is 57.1 Å². The number of nitrogens with two attached hydrogens (primary N) is 1. The van der Waals surface area contributed by atoms with E-state index in [2.05, 4.69) is 4.90 Å². The van der Waals surface area contributed by atoms with Gasteiger partial charge in [-0.25, -0.2) is 0 Å². The standard InChI is InChI=1S/C15H26N2O2/c16-13-5-4-11-9-17(10-12(11)7-13)15(18)8-14-3-1-2-6-19-14/h11-14H,1-10,16H2/t11-,12+,13?,14?/m1/s1. The molecule has 0 radical (unpaired) electrons. The van der Waals surface area contributed by atoms with Gasteiger partial charge in [0.25, 0.3) is 0 Å². The zero-order valence-corrected chi connectivity index (χ0v) is 11.7. The highest BCUT2D eigenvalue weighted by molar-refractivity contribution is 5.77. The van der Waals surface area contributed by atoms with Crippen LogP contribution in [0.3, 0.4) is 0 Å². The minimum Gasteiger partial charge on any atom is -0.378 e. The van der Waals surface area contributed by atoms with Crippen molar-refractivity contribution in [1.82, 2.24) is 4.90 Å². The van der Waals surface area contributed by atoms with E-state index in [-0.39, 0.29) is 6.10 Å². The van der Waals surface area contributed by atoms with Crippen LogP contribution in [-0.4, -0.2) is 42.6 Å². The van der Waals surface area contributed by atoms with E-state index >= 15 is 0 Å². The molecule has 0 spiro atoms. The van der Waals surface area contributed by atoms with E-state index < -0.39 is 0 Å². The molecule has 0 aromatic rings. The van der Waals surface area contributed by atoms with Crippen LogP contribution in [0.25, 0.3) is 0 Å². The zero-order chi connectivity index (χ0) is 13.2. The highest BCUT2D eigenvalue weighted by Gasteiger charge is 2.38. The average molecular weight is 266 g/mol. The third kappa shape index (κ3) is 3.11. The number of likely N-dealkylation sites (tertiary alicyclic amines) is 1. The molecule has 1 amide bonds. The highest BCUT2D eigenvalue weighted by Crippen LogP contribution is 2.36. The molecule has 0 aromatic carbocycles. The van der Waals surface area contributed by atoms with Gasteiger partial charge in [0, 0.05) is 25.7 Å². The lowest BCUT2D eigenvalue weighted by molar-refractivity contribution is -0.134. The molecule has 3 fully saturated rings. The van der Waals surface area contributed by atoms with Crippen molar-refractivity contribution < 1.29 is 9.53 Å². The normalized spacial score (nSPS) is 39.1. The van der Waals surface area contributed by atoms with Crippen LogP contribution in [0, 0.1) is 11.8 Å². The first kappa shape index (κ1) is 13.4. The Kier molecular flexibility index (Phi) is 4.08. The number of hydrogen-bond donors (Lipinski definition) is 1. The Labute approximate surface area is 115 Å². The first-order valence-corrected chi connectivity index (χ1v) is 7.87. The molecule has 2 unspecified atom stereocenters. The molecular formula is C15H26N2O2. The van der Waals surface area contributed by atoms with Crippen LogP contribution >= 0.6 is 0 Å². The number of fused-ring (bicyclic) bond motifs is 1. The molecule has 2 heterocycles. The number of carbonyl (C=O) groups excluding carboxylic acids is 1. The van der Waals surface area contributed by atoms with Gasteiger partial charge < -0.3 is 15.4 Å². The predicted molar refractivity (Wildman–Crippen MR) is 73.6 cm³/mol. The molecule has 1 aliphatic carbocycles. The maximum atomic E-state index is 12.4. The second kappa shape index (κ2) is 5.80. The van der Waals surface area contributed by atoms with Crippen molar-refractivity contribution in [2.24, 2.45) is 17.6 Å². The topological polar surface area (TPSA) is 55.6 Å². The van der Waals surface area contributed by atoms with Gasteiger partial charge in [0.05, 0.1) is 12.5 Å². The Morgan fingerprint density at radius 3 is 2.79 bits per heavy atom. The lowest BCUT2D eigenvalue weighted by Gasteiger charge is -2.27. The van der Waals surface area contributed by atoms with Crippen LogP contribution < -0.4 is 5.73 Å². The SMILES string of the molecule is NC1CC[C@@H]2CN(C(=O)CC3CCCCO3)C[C@@H]2C1. The minimum atomic E-state index is 0.172. The third-order valence-corrected chi connectivity index (χ3v) is 5.12. The number of amides is 1. The number of carbonyl (C=O) groups is 1. The highest BCUT2D eigenvalue weighted by atomic mass is 16.5. The third-order valence-electron chi connectivity index (χ3n) is 5.12. The zero-order valence-electron chi connectivity index (χ0n) is 11.7. The molecule has 0 bridgehead atoms. The van der Waals surface area contributed by atoms with Gasteiger partial charge in [-0.1, -0.05) is 0 Å². The summed E-state index contributed by atoms with van der Waals surface area (Å²) in [6.45, 7) is 2.73. The van der Waals surface area contributed by atoms with Crippen LogP contribution in [0.1, 0.15) is 44.9 Å². The predicted octanol–water partition coefficient (Wildman–Crippen LogP) is 1.53. The smallest absolute Gasteiger partial charge is 0.225 e. The van der Waals surface area contributed by atoms with Crippen molar-refractivity contribution in [3.63, 3.8) is 0 Å². The lowest BCUT2D eigenvalue weighted by Crippen LogP contribution is -2.34. The molecule has 19 heavy (non-hydrogen) atoms. The van der Waals surface area contributed by atoms with Crippen LogP contribution in [0.2, 0.25) is 0 Å². The van der Waals surface area contributed by atoms with Crippen molar-refractivity contribution >= 4 is 5.91 Å². The van der Waals surface area contributed by atoms with Crippen LogP contribution in [0.5, 0.6) is 0 Å². The fourth-order valence-electron chi connectivity index (χ4n) is 3.96. The summed E-state index contributed by atoms with van der Waals surface area (Å²) < 4.78 is 5.68. The van der Waals surface area contributed by atoms with Crippen LogP contribution in [0.15, 0.2) is 0 Å². The van der Waals surface area contributed by atoms with Crippen molar-refractivity contribution in [2.75, 3.05) is 19.7 Å². The molecule has 4 heteroatoms. The van der Waals surface area contributed by atoms with Gasteiger partial charge in [0.15, 0.2) is 0 Å². The van der Waals surface area contributed by atoms with Gasteiger partial charge in [-0.05, 0) is 50.4 Å². The summed E-state index contributed by atoms with van der Waals surface area (Å²) in [5.41, 5.74) is 6.04. The maximum Gasteiger partial charge on any atom is 0.225 e. The Morgan fingerprint density at radius 1 is 1.16 bits per heavy atom. The van der Waals surface area contributed by atoms with Gasteiger partial charge in [0.1, 0.15) is 0 Å². The number of ether oxygens (including phenoxy) is 1. The van der Waals surface area contributed by atoms with E-state index in [0.717, 1.165) is 45.4 Å². The molecular weight excluding hydrogens is 240 g/mol. The summed E-state index contributed by atoms with van der Waals surface area (Å²) in [7, 11) is 0. The second-order valence-corrected chi connectivity index (χ2v) is 6.58. The molecule has 3 rings (SSSR count). The number of hydrogen-bond acceptors (Lipinski definition) is 3. The molecule has 3 aliphatic rings. The Bertz CT molecular complexity index is 328.